The van der Waals surface area contributed by atoms with Crippen molar-refractivity contribution < 1.29 is 24.6 Å². The molecule has 0 aliphatic rings. The third kappa shape index (κ3) is 29.8. The van der Waals surface area contributed by atoms with Gasteiger partial charge in [-0.1, -0.05) is 39.0 Å². The summed E-state index contributed by atoms with van der Waals surface area (Å²) in [6.07, 6.45) is 21.5. The molecular formula is C23H44NNaO5. The number of hydrogen-bond donors (Lipinski definition) is 3. The molecule has 7 heteroatoms. The first kappa shape index (κ1) is 31.8. The monoisotopic (exact) mass is 437 g/mol. The van der Waals surface area contributed by atoms with Crippen molar-refractivity contribution in [2.75, 3.05) is 0 Å². The fraction of sp³-hybridized carbons (Fsp3) is 0.870. The molecule has 0 unspecified atom stereocenters. The van der Waals surface area contributed by atoms with Gasteiger partial charge >= 0.3 is 118 Å². The van der Waals surface area contributed by atoms with Crippen molar-refractivity contribution in [1.29, 1.82) is 0 Å². The first-order valence-corrected chi connectivity index (χ1v) is 13.0. The Bertz CT molecular complexity index is 432. The Hall–Kier alpha value is -0.430. The van der Waals surface area contributed by atoms with Crippen molar-refractivity contribution in [3.63, 3.8) is 0 Å². The molecule has 0 aromatic carbocycles. The predicted molar refractivity (Wildman–Crippen MR) is 123 cm³/mol. The van der Waals surface area contributed by atoms with Crippen LogP contribution < -0.4 is 5.73 Å². The minimum Gasteiger partial charge on any atom is -0.481 e. The number of rotatable bonds is 20. The van der Waals surface area contributed by atoms with Crippen molar-refractivity contribution in [1.82, 2.24) is 0 Å². The van der Waals surface area contributed by atoms with E-state index in [1.165, 1.54) is 89.9 Å². The Morgan fingerprint density at radius 1 is 0.700 bits per heavy atom. The number of carboxylic acids is 2. The topological polar surface area (TPSA) is 118 Å². The molecule has 4 N–H and O–H groups in total. The average Bonchev–Trinajstić information content (AvgIpc) is 2.69. The van der Waals surface area contributed by atoms with Gasteiger partial charge in [-0.3, -0.25) is 9.59 Å². The van der Waals surface area contributed by atoms with E-state index in [-0.39, 0.29) is 12.8 Å². The average molecular weight is 438 g/mol. The maximum absolute atomic E-state index is 10.8. The Balaban J connectivity index is 0. The quantitative estimate of drug-likeness (QED) is 0.178. The van der Waals surface area contributed by atoms with E-state index in [0.717, 1.165) is 40.8 Å². The third-order valence-electron chi connectivity index (χ3n) is 5.12. The van der Waals surface area contributed by atoms with Crippen LogP contribution >= 0.6 is 0 Å². The Labute approximate surface area is 201 Å². The van der Waals surface area contributed by atoms with Crippen molar-refractivity contribution in [2.24, 2.45) is 5.73 Å². The molecule has 0 amide bonds. The van der Waals surface area contributed by atoms with E-state index < -0.39 is 18.0 Å². The molecule has 0 aromatic heterocycles. The van der Waals surface area contributed by atoms with Gasteiger partial charge in [-0.2, -0.15) is 0 Å². The van der Waals surface area contributed by atoms with Crippen molar-refractivity contribution in [3.8, 4) is 0 Å². The second-order valence-corrected chi connectivity index (χ2v) is 9.39. The number of aliphatic carboxylic acids is 2. The standard InChI is InChI=1S/C18H35O.C5H9NO4.Na/c1-2-3-4-5-6-7-8-9-10-11-12-13-14-15-16-17-18-19;6-3(5(9)10)1-2-4(7)8;/h2-17H2,1H3;3H,1-2,6H2,(H,7,8)(H,9,10);/t;3-;/m.0./s1. The fourth-order valence-corrected chi connectivity index (χ4v) is 3.50. The SMILES string of the molecule is CCCCCCCCCCCCCCCCC[C](=O)[Na].N[C@@H](CCC(=O)O)C(=O)O. The van der Waals surface area contributed by atoms with Crippen LogP contribution in [0.3, 0.4) is 0 Å². The van der Waals surface area contributed by atoms with Crippen molar-refractivity contribution >= 4 is 42.9 Å². The predicted octanol–water partition coefficient (Wildman–Crippen LogP) is 5.21. The number of nitrogens with two attached hydrogens (primary N) is 1. The number of carbonyl (C=O) groups excluding carboxylic acids is 1. The van der Waals surface area contributed by atoms with Crippen LogP contribution in [0.4, 0.5) is 0 Å². The minimum absolute atomic E-state index is 0.0231. The van der Waals surface area contributed by atoms with Crippen LogP contribution in [0.1, 0.15) is 122 Å². The zero-order valence-electron chi connectivity index (χ0n) is 19.5. The van der Waals surface area contributed by atoms with E-state index in [0.29, 0.717) is 3.03 Å². The molecule has 0 heterocycles. The van der Waals surface area contributed by atoms with Gasteiger partial charge < -0.3 is 15.9 Å². The summed E-state index contributed by atoms with van der Waals surface area (Å²) in [5.74, 6) is -2.20. The zero-order valence-corrected chi connectivity index (χ0v) is 21.5. The third-order valence-corrected chi connectivity index (χ3v) is 5.62. The minimum atomic E-state index is -1.17. The van der Waals surface area contributed by atoms with E-state index in [2.05, 4.69) is 6.92 Å². The molecule has 172 valence electrons. The van der Waals surface area contributed by atoms with Gasteiger partial charge in [0.15, 0.2) is 0 Å². The molecule has 0 saturated carbocycles. The maximum Gasteiger partial charge on any atom is 0.320 e. The van der Waals surface area contributed by atoms with E-state index in [1.54, 1.807) is 0 Å². The number of carboxylic acid groups (broad SMARTS) is 2. The van der Waals surface area contributed by atoms with Crippen LogP contribution in [-0.2, 0) is 14.4 Å². The summed E-state index contributed by atoms with van der Waals surface area (Å²) in [6.45, 7) is 2.28. The molecule has 0 aromatic rings. The summed E-state index contributed by atoms with van der Waals surface area (Å²) in [5, 5.41) is 16.3. The summed E-state index contributed by atoms with van der Waals surface area (Å²) < 4.78 is 0.486. The summed E-state index contributed by atoms with van der Waals surface area (Å²) in [7, 11) is 0. The molecule has 0 rings (SSSR count). The first-order chi connectivity index (χ1) is 14.3. The van der Waals surface area contributed by atoms with E-state index in [1.807, 2.05) is 0 Å². The van der Waals surface area contributed by atoms with Gasteiger partial charge in [0.05, 0.1) is 0 Å². The summed E-state index contributed by atoms with van der Waals surface area (Å²) in [5.41, 5.74) is 5.00. The molecule has 0 radical (unpaired) electrons. The molecule has 0 spiro atoms. The second-order valence-electron chi connectivity index (χ2n) is 8.28. The van der Waals surface area contributed by atoms with Gasteiger partial charge in [-0.05, 0) is 6.42 Å². The molecule has 0 saturated heterocycles. The summed E-state index contributed by atoms with van der Waals surface area (Å²) in [6, 6.07) is -1.06. The maximum atomic E-state index is 10.8. The second kappa shape index (κ2) is 24.8. The zero-order chi connectivity index (χ0) is 23.0. The van der Waals surface area contributed by atoms with Crippen LogP contribution in [0, 0.1) is 0 Å². The normalized spacial score (nSPS) is 11.5. The molecular weight excluding hydrogens is 393 g/mol. The molecule has 30 heavy (non-hydrogen) atoms. The van der Waals surface area contributed by atoms with Gasteiger partial charge in [-0.15, -0.1) is 0 Å². The summed E-state index contributed by atoms with van der Waals surface area (Å²) in [4.78, 5) is 30.7. The molecule has 0 bridgehead atoms. The first-order valence-electron chi connectivity index (χ1n) is 12.0. The van der Waals surface area contributed by atoms with Crippen LogP contribution in [0.5, 0.6) is 0 Å². The van der Waals surface area contributed by atoms with E-state index in [9.17, 15) is 14.4 Å². The number of carbonyl (C=O) groups is 3. The van der Waals surface area contributed by atoms with Gasteiger partial charge in [0, 0.05) is 6.42 Å². The summed E-state index contributed by atoms with van der Waals surface area (Å²) >= 11 is 0.751. The van der Waals surface area contributed by atoms with Crippen molar-refractivity contribution in [3.05, 3.63) is 0 Å². The number of hydrogen-bond acceptors (Lipinski definition) is 4. The Morgan fingerprint density at radius 3 is 1.37 bits per heavy atom. The van der Waals surface area contributed by atoms with Gasteiger partial charge in [-0.25, -0.2) is 0 Å². The molecule has 0 fully saturated rings. The van der Waals surface area contributed by atoms with Gasteiger partial charge in [0.2, 0.25) is 0 Å². The van der Waals surface area contributed by atoms with Crippen LogP contribution in [0.25, 0.3) is 0 Å². The molecule has 1 atom stereocenters. The van der Waals surface area contributed by atoms with Crippen molar-refractivity contribution in [2.45, 2.75) is 129 Å². The van der Waals surface area contributed by atoms with Crippen LogP contribution in [0.2, 0.25) is 0 Å². The van der Waals surface area contributed by atoms with Gasteiger partial charge in [0.25, 0.3) is 0 Å². The fourth-order valence-electron chi connectivity index (χ4n) is 3.15. The van der Waals surface area contributed by atoms with Crippen LogP contribution in [0.15, 0.2) is 0 Å². The Morgan fingerprint density at radius 2 is 1.07 bits per heavy atom. The van der Waals surface area contributed by atoms with Gasteiger partial charge in [0.1, 0.15) is 6.04 Å². The van der Waals surface area contributed by atoms with E-state index in [4.69, 9.17) is 15.9 Å². The largest absolute Gasteiger partial charge is 0.481 e. The number of unbranched alkanes of at least 4 members (excludes halogenated alkanes) is 14. The molecule has 0 aliphatic carbocycles. The Kier molecular flexibility index (Phi) is 26.3. The van der Waals surface area contributed by atoms with Crippen LogP contribution in [-0.4, -0.2) is 59.2 Å². The smallest absolute Gasteiger partial charge is 0.320 e. The van der Waals surface area contributed by atoms with E-state index >= 15 is 0 Å². The molecule has 6 nitrogen and oxygen atoms in total. The molecule has 0 aliphatic heterocycles.